The van der Waals surface area contributed by atoms with Crippen molar-refractivity contribution in [3.8, 4) is 0 Å². The zero-order valence-corrected chi connectivity index (χ0v) is 8.45. The Morgan fingerprint density at radius 1 is 1.86 bits per heavy atom. The van der Waals surface area contributed by atoms with Gasteiger partial charge in [-0.2, -0.15) is 0 Å². The van der Waals surface area contributed by atoms with E-state index in [0.29, 0.717) is 0 Å². The molecule has 2 nitrogen and oxygen atoms in total. The van der Waals surface area contributed by atoms with Gasteiger partial charge in [0.1, 0.15) is 0 Å². The molecular weight excluding hydrogens is 242 g/mol. The molecule has 1 unspecified atom stereocenters. The van der Waals surface area contributed by atoms with Crippen molar-refractivity contribution < 1.29 is 8.98 Å². The Bertz CT molecular complexity index is 74.1. The van der Waals surface area contributed by atoms with Gasteiger partial charge in [0.2, 0.25) is 0 Å². The van der Waals surface area contributed by atoms with Crippen LogP contribution in [0.15, 0.2) is 0 Å². The van der Waals surface area contributed by atoms with Gasteiger partial charge in [-0.3, -0.25) is 0 Å². The molecule has 0 saturated carbocycles. The summed E-state index contributed by atoms with van der Waals surface area (Å²) in [7, 11) is 0. The van der Waals surface area contributed by atoms with E-state index in [4.69, 9.17) is 0 Å². The predicted molar refractivity (Wildman–Crippen MR) is 36.4 cm³/mol. The number of carbonyl (C=O) groups excluding carboxylic acids is 1. The molecule has 0 N–H and O–H groups in total. The van der Waals surface area contributed by atoms with Gasteiger partial charge in [-0.05, 0) is 0 Å². The number of rotatable bonds is 1. The van der Waals surface area contributed by atoms with E-state index < -0.39 is 0 Å². The Kier molecular flexibility index (Phi) is 4.48. The van der Waals surface area contributed by atoms with Crippen molar-refractivity contribution in [1.29, 1.82) is 0 Å². The van der Waals surface area contributed by atoms with Gasteiger partial charge in [0.05, 0.1) is 0 Å². The Morgan fingerprint density at radius 2 is 2.29 bits per heavy atom. The van der Waals surface area contributed by atoms with Crippen LogP contribution in [0.5, 0.6) is 0 Å². The average molecular weight is 247 g/mol. The summed E-state index contributed by atoms with van der Waals surface area (Å²) in [6, 6.07) is 0. The van der Waals surface area contributed by atoms with E-state index in [1.54, 1.807) is 0 Å². The second kappa shape index (κ2) is 3.93. The summed E-state index contributed by atoms with van der Waals surface area (Å²) in [4.78, 5) is 10.2. The Hall–Kier alpha value is 0.988. The van der Waals surface area contributed by atoms with Crippen LogP contribution in [0, 0.1) is 0 Å². The van der Waals surface area contributed by atoms with E-state index in [2.05, 4.69) is 29.7 Å². The van der Waals surface area contributed by atoms with Crippen LogP contribution in [0.3, 0.4) is 0 Å². The molecule has 0 fully saturated rings. The average Bonchev–Trinajstić information content (AvgIpc) is 1.65. The van der Waals surface area contributed by atoms with Crippen LogP contribution >= 0.6 is 25.5 Å². The van der Waals surface area contributed by atoms with Crippen molar-refractivity contribution in [2.24, 2.45) is 0 Å². The van der Waals surface area contributed by atoms with E-state index in [9.17, 15) is 4.79 Å². The van der Waals surface area contributed by atoms with E-state index in [0.717, 1.165) is 23.0 Å². The first kappa shape index (κ1) is 7.99. The maximum absolute atomic E-state index is 10.2. The molecule has 0 aromatic rings. The minimum absolute atomic E-state index is 0.247. The number of hydrogen-bond donors (Lipinski definition) is 2. The van der Waals surface area contributed by atoms with Gasteiger partial charge in [-0.25, -0.2) is 0 Å². The molecule has 5 heteroatoms. The zero-order chi connectivity index (χ0) is 5.86. The summed E-state index contributed by atoms with van der Waals surface area (Å²) < 4.78 is 3.78. The van der Waals surface area contributed by atoms with Crippen molar-refractivity contribution in [2.75, 3.05) is 0 Å². The second-order valence-corrected chi connectivity index (χ2v) is 5.10. The van der Waals surface area contributed by atoms with E-state index in [-0.39, 0.29) is 9.17 Å². The second-order valence-electron chi connectivity index (χ2n) is 0.855. The fourth-order valence-electron chi connectivity index (χ4n) is 0.0540. The zero-order valence-electron chi connectivity index (χ0n) is 3.37. The maximum atomic E-state index is 10.2. The SMILES string of the molecule is O=C(OS)[CH](S)[SbH2]. The van der Waals surface area contributed by atoms with Crippen molar-refractivity contribution in [1.82, 2.24) is 0 Å². The van der Waals surface area contributed by atoms with E-state index in [1.165, 1.54) is 0 Å². The Labute approximate surface area is 66.5 Å². The number of hydrogen-bond acceptors (Lipinski definition) is 4. The van der Waals surface area contributed by atoms with Crippen molar-refractivity contribution in [3.05, 3.63) is 0 Å². The summed E-state index contributed by atoms with van der Waals surface area (Å²) in [5, 5.41) is 0. The first-order chi connectivity index (χ1) is 3.18. The molecule has 0 aromatic carbocycles. The van der Waals surface area contributed by atoms with Gasteiger partial charge in [0, 0.05) is 0 Å². The van der Waals surface area contributed by atoms with Crippen LogP contribution in [-0.4, -0.2) is 32.2 Å². The Morgan fingerprint density at radius 3 is 2.29 bits per heavy atom. The van der Waals surface area contributed by atoms with Gasteiger partial charge >= 0.3 is 66.7 Å². The minimum atomic E-state index is -0.367. The molecule has 0 saturated heterocycles. The third-order valence-electron chi connectivity index (χ3n) is 0.331. The molecule has 0 amide bonds. The topological polar surface area (TPSA) is 26.3 Å². The van der Waals surface area contributed by atoms with Gasteiger partial charge < -0.3 is 0 Å². The van der Waals surface area contributed by atoms with Crippen LogP contribution < -0.4 is 0 Å². The predicted octanol–water partition coefficient (Wildman–Crippen LogP) is -0.737. The molecule has 42 valence electrons. The number of thiol groups is 2. The fraction of sp³-hybridized carbons (Fsp3) is 0.500. The molecule has 0 bridgehead atoms. The monoisotopic (exact) mass is 246 g/mol. The molecule has 0 spiro atoms. The molecule has 1 atom stereocenters. The van der Waals surface area contributed by atoms with E-state index >= 15 is 0 Å². The summed E-state index contributed by atoms with van der Waals surface area (Å²) in [5.74, 6) is -0.367. The number of carbonyl (C=O) groups is 1. The van der Waals surface area contributed by atoms with Gasteiger partial charge in [0.25, 0.3) is 0 Å². The summed E-state index contributed by atoms with van der Waals surface area (Å²) in [6.07, 6.45) is 0. The molecule has 0 heterocycles. The van der Waals surface area contributed by atoms with Crippen LogP contribution in [0.1, 0.15) is 0 Å². The third kappa shape index (κ3) is 3.56. The normalized spacial score (nSPS) is 13.0. The van der Waals surface area contributed by atoms with Gasteiger partial charge in [0.15, 0.2) is 0 Å². The Balaban J connectivity index is 3.35. The quantitative estimate of drug-likeness (QED) is 0.363. The summed E-state index contributed by atoms with van der Waals surface area (Å²) in [5.41, 5.74) is 0. The molecule has 0 aromatic heterocycles. The summed E-state index contributed by atoms with van der Waals surface area (Å²) in [6.45, 7) is 0. The molecule has 0 rings (SSSR count). The molecule has 7 heavy (non-hydrogen) atoms. The van der Waals surface area contributed by atoms with Gasteiger partial charge in [-0.15, -0.1) is 0 Å². The van der Waals surface area contributed by atoms with Crippen LogP contribution in [0.4, 0.5) is 0 Å². The van der Waals surface area contributed by atoms with Gasteiger partial charge in [-0.1, -0.05) is 0 Å². The molecular formula is C2H5O2S2Sb. The summed E-state index contributed by atoms with van der Waals surface area (Å²) >= 11 is 7.85. The van der Waals surface area contributed by atoms with Crippen molar-refractivity contribution in [2.45, 2.75) is 3.20 Å². The third-order valence-corrected chi connectivity index (χ3v) is 1.50. The standard InChI is InChI=1S/C2H3O2S2.Sb.2H/c3-2(1-5)4-6;;;/h1,5-6H;;;. The molecule has 0 aliphatic rings. The van der Waals surface area contributed by atoms with Crippen LogP contribution in [0.2, 0.25) is 0 Å². The first-order valence-electron chi connectivity index (χ1n) is 1.47. The van der Waals surface area contributed by atoms with Crippen molar-refractivity contribution >= 4 is 54.5 Å². The molecule has 0 radical (unpaired) electrons. The fourth-order valence-corrected chi connectivity index (χ4v) is 0.825. The van der Waals surface area contributed by atoms with Crippen LogP contribution in [-0.2, 0) is 8.98 Å². The van der Waals surface area contributed by atoms with Crippen molar-refractivity contribution in [3.63, 3.8) is 0 Å². The molecule has 0 aliphatic carbocycles. The first-order valence-corrected chi connectivity index (χ1v) is 4.26. The van der Waals surface area contributed by atoms with Crippen LogP contribution in [0.25, 0.3) is 0 Å². The van der Waals surface area contributed by atoms with E-state index in [1.807, 2.05) is 0 Å². The molecule has 0 aliphatic heterocycles.